The smallest absolute Gasteiger partial charge is 0.101 e. The molecule has 1 atom stereocenters. The summed E-state index contributed by atoms with van der Waals surface area (Å²) in [5.74, 6) is 0. The molecular formula is C40H80N2. The van der Waals surface area contributed by atoms with Crippen LogP contribution in [0.3, 0.4) is 0 Å². The summed E-state index contributed by atoms with van der Waals surface area (Å²) in [6.07, 6.45) is 51.4. The van der Waals surface area contributed by atoms with Crippen LogP contribution in [0.15, 0.2) is 12.4 Å². The molecule has 0 aliphatic carbocycles. The predicted octanol–water partition coefficient (Wildman–Crippen LogP) is 13.9. The van der Waals surface area contributed by atoms with E-state index in [1.165, 1.54) is 219 Å². The highest BCUT2D eigenvalue weighted by atomic mass is 15.4. The van der Waals surface area contributed by atoms with Gasteiger partial charge in [0.1, 0.15) is 6.17 Å². The van der Waals surface area contributed by atoms with Gasteiger partial charge in [0.05, 0.1) is 0 Å². The molecule has 0 fully saturated rings. The Hall–Kier alpha value is -0.660. The third-order valence-corrected chi connectivity index (χ3v) is 9.82. The van der Waals surface area contributed by atoms with E-state index in [4.69, 9.17) is 0 Å². The standard InChI is InChI=1S/C40H80N2/c1-4-7-10-13-16-18-20-21-23-25-28-31-34-37-42-39-38-41(40(42)35-32-29-26-15-12-9-6-3)36-33-30-27-24-22-19-17-14-11-8-5-2/h38-40H,4-37H2,1-3H3. The minimum atomic E-state index is 0.640. The molecule has 0 saturated carbocycles. The zero-order chi connectivity index (χ0) is 30.2. The summed E-state index contributed by atoms with van der Waals surface area (Å²) < 4.78 is 0. The molecule has 1 aliphatic heterocycles. The third-order valence-electron chi connectivity index (χ3n) is 9.82. The van der Waals surface area contributed by atoms with Crippen LogP contribution in [0.4, 0.5) is 0 Å². The van der Waals surface area contributed by atoms with Gasteiger partial charge in [-0.1, -0.05) is 201 Å². The van der Waals surface area contributed by atoms with Gasteiger partial charge in [-0.2, -0.15) is 0 Å². The molecule has 0 aromatic carbocycles. The molecule has 1 rings (SSSR count). The van der Waals surface area contributed by atoms with Crippen LogP contribution in [0.1, 0.15) is 226 Å². The van der Waals surface area contributed by atoms with Crippen molar-refractivity contribution in [2.45, 2.75) is 232 Å². The quantitative estimate of drug-likeness (QED) is 0.0690. The summed E-state index contributed by atoms with van der Waals surface area (Å²) in [7, 11) is 0. The molecule has 0 N–H and O–H groups in total. The van der Waals surface area contributed by atoms with Crippen LogP contribution >= 0.6 is 0 Å². The SMILES string of the molecule is CCCCCCCCCCCCCCCN1C=CN(CCCCCCCCCCCCC)C1CCCCCCCCC. The molecule has 2 nitrogen and oxygen atoms in total. The fourth-order valence-corrected chi connectivity index (χ4v) is 6.89. The summed E-state index contributed by atoms with van der Waals surface area (Å²) in [4.78, 5) is 5.43. The van der Waals surface area contributed by atoms with Crippen molar-refractivity contribution in [2.75, 3.05) is 13.1 Å². The number of hydrogen-bond acceptors (Lipinski definition) is 2. The Labute approximate surface area is 267 Å². The summed E-state index contributed by atoms with van der Waals surface area (Å²) in [6.45, 7) is 9.48. The van der Waals surface area contributed by atoms with Crippen LogP contribution in [0.25, 0.3) is 0 Å². The van der Waals surface area contributed by atoms with Crippen LogP contribution in [-0.4, -0.2) is 29.1 Å². The zero-order valence-corrected chi connectivity index (χ0v) is 29.7. The van der Waals surface area contributed by atoms with E-state index in [1.807, 2.05) is 0 Å². The molecule has 0 aromatic heterocycles. The molecule has 0 bridgehead atoms. The topological polar surface area (TPSA) is 6.48 Å². The average molecular weight is 589 g/mol. The van der Waals surface area contributed by atoms with Crippen LogP contribution in [-0.2, 0) is 0 Å². The molecule has 2 heteroatoms. The maximum atomic E-state index is 2.72. The average Bonchev–Trinajstić information content (AvgIpc) is 3.38. The Morgan fingerprint density at radius 3 is 0.833 bits per heavy atom. The second kappa shape index (κ2) is 31.8. The van der Waals surface area contributed by atoms with E-state index in [2.05, 4.69) is 43.0 Å². The molecule has 0 radical (unpaired) electrons. The Morgan fingerprint density at radius 2 is 0.548 bits per heavy atom. The lowest BCUT2D eigenvalue weighted by Crippen LogP contribution is -2.39. The predicted molar refractivity (Wildman–Crippen MR) is 191 cm³/mol. The van der Waals surface area contributed by atoms with Gasteiger partial charge in [0.25, 0.3) is 0 Å². The van der Waals surface area contributed by atoms with Gasteiger partial charge in [-0.25, -0.2) is 0 Å². The lowest BCUT2D eigenvalue weighted by molar-refractivity contribution is 0.135. The molecule has 0 spiro atoms. The first kappa shape index (κ1) is 39.4. The molecule has 1 aliphatic rings. The highest BCUT2D eigenvalue weighted by molar-refractivity contribution is 4.97. The Balaban J connectivity index is 2.19. The summed E-state index contributed by atoms with van der Waals surface area (Å²) in [6, 6.07) is 0. The normalized spacial score (nSPS) is 15.0. The van der Waals surface area contributed by atoms with Gasteiger partial charge in [0.15, 0.2) is 0 Å². The van der Waals surface area contributed by atoms with Gasteiger partial charge in [-0.15, -0.1) is 0 Å². The van der Waals surface area contributed by atoms with Crippen molar-refractivity contribution in [1.29, 1.82) is 0 Å². The van der Waals surface area contributed by atoms with E-state index in [0.717, 1.165) is 0 Å². The highest BCUT2D eigenvalue weighted by Gasteiger charge is 2.24. The molecule has 1 heterocycles. The van der Waals surface area contributed by atoms with Crippen molar-refractivity contribution in [3.05, 3.63) is 12.4 Å². The molecule has 1 unspecified atom stereocenters. The van der Waals surface area contributed by atoms with Crippen molar-refractivity contribution in [3.63, 3.8) is 0 Å². The maximum absolute atomic E-state index is 2.72. The molecule has 0 saturated heterocycles. The Bertz CT molecular complexity index is 544. The molecule has 42 heavy (non-hydrogen) atoms. The van der Waals surface area contributed by atoms with Gasteiger partial charge in [-0.05, 0) is 25.7 Å². The fourth-order valence-electron chi connectivity index (χ4n) is 6.89. The number of unbranched alkanes of at least 4 members (excludes halogenated alkanes) is 28. The maximum Gasteiger partial charge on any atom is 0.101 e. The van der Waals surface area contributed by atoms with E-state index < -0.39 is 0 Å². The zero-order valence-electron chi connectivity index (χ0n) is 29.7. The van der Waals surface area contributed by atoms with Crippen LogP contribution in [0.5, 0.6) is 0 Å². The van der Waals surface area contributed by atoms with Crippen molar-refractivity contribution in [1.82, 2.24) is 9.80 Å². The van der Waals surface area contributed by atoms with Gasteiger partial charge in [0.2, 0.25) is 0 Å². The lowest BCUT2D eigenvalue weighted by atomic mass is 10.0. The monoisotopic (exact) mass is 589 g/mol. The minimum absolute atomic E-state index is 0.640. The number of nitrogens with zero attached hydrogens (tertiary/aromatic N) is 2. The van der Waals surface area contributed by atoms with E-state index in [0.29, 0.717) is 6.17 Å². The van der Waals surface area contributed by atoms with Crippen LogP contribution in [0.2, 0.25) is 0 Å². The summed E-state index contributed by atoms with van der Waals surface area (Å²) in [5.41, 5.74) is 0. The van der Waals surface area contributed by atoms with E-state index in [1.54, 1.807) is 0 Å². The van der Waals surface area contributed by atoms with Gasteiger partial charge < -0.3 is 9.80 Å². The largest absolute Gasteiger partial charge is 0.356 e. The fraction of sp³-hybridized carbons (Fsp3) is 0.950. The first-order valence-electron chi connectivity index (χ1n) is 20.0. The van der Waals surface area contributed by atoms with E-state index in [9.17, 15) is 0 Å². The molecule has 0 amide bonds. The van der Waals surface area contributed by atoms with E-state index in [-0.39, 0.29) is 0 Å². The summed E-state index contributed by atoms with van der Waals surface area (Å²) in [5, 5.41) is 0. The first-order chi connectivity index (χ1) is 20.8. The Kier molecular flexibility index (Phi) is 29.8. The van der Waals surface area contributed by atoms with Gasteiger partial charge in [-0.3, -0.25) is 0 Å². The van der Waals surface area contributed by atoms with Crippen LogP contribution in [0, 0.1) is 0 Å². The van der Waals surface area contributed by atoms with Crippen molar-refractivity contribution in [2.24, 2.45) is 0 Å². The molecule has 0 aromatic rings. The van der Waals surface area contributed by atoms with Crippen molar-refractivity contribution in [3.8, 4) is 0 Å². The van der Waals surface area contributed by atoms with Crippen LogP contribution < -0.4 is 0 Å². The second-order valence-corrected chi connectivity index (χ2v) is 13.9. The summed E-state index contributed by atoms with van der Waals surface area (Å²) >= 11 is 0. The van der Waals surface area contributed by atoms with Gasteiger partial charge >= 0.3 is 0 Å². The molecule has 250 valence electrons. The van der Waals surface area contributed by atoms with Gasteiger partial charge in [0, 0.05) is 25.5 Å². The van der Waals surface area contributed by atoms with E-state index >= 15 is 0 Å². The number of rotatable bonds is 34. The van der Waals surface area contributed by atoms with Crippen molar-refractivity contribution < 1.29 is 0 Å². The molecular weight excluding hydrogens is 508 g/mol. The first-order valence-corrected chi connectivity index (χ1v) is 20.0. The number of hydrogen-bond donors (Lipinski definition) is 0. The Morgan fingerprint density at radius 1 is 0.310 bits per heavy atom. The highest BCUT2D eigenvalue weighted by Crippen LogP contribution is 2.24. The lowest BCUT2D eigenvalue weighted by Gasteiger charge is -2.33. The van der Waals surface area contributed by atoms with Crippen molar-refractivity contribution >= 4 is 0 Å². The second-order valence-electron chi connectivity index (χ2n) is 13.9. The third kappa shape index (κ3) is 23.8. The minimum Gasteiger partial charge on any atom is -0.356 e.